The van der Waals surface area contributed by atoms with Crippen molar-refractivity contribution in [2.24, 2.45) is 11.7 Å². The topological polar surface area (TPSA) is 74.2 Å². The van der Waals surface area contributed by atoms with Gasteiger partial charge in [-0.2, -0.15) is 4.98 Å². The summed E-state index contributed by atoms with van der Waals surface area (Å²) in [6.07, 6.45) is 0.844. The maximum absolute atomic E-state index is 5.90. The van der Waals surface area contributed by atoms with Crippen molar-refractivity contribution in [3.8, 4) is 0 Å². The highest BCUT2D eigenvalue weighted by Crippen LogP contribution is 2.16. The zero-order chi connectivity index (χ0) is 11.3. The van der Waals surface area contributed by atoms with Crippen molar-refractivity contribution >= 4 is 0 Å². The number of hydrogen-bond acceptors (Lipinski definition) is 5. The molecule has 0 saturated carbocycles. The molecular formula is C10H19N3O2. The molecule has 1 rings (SSSR count). The summed E-state index contributed by atoms with van der Waals surface area (Å²) in [6, 6.07) is -0.173. The van der Waals surface area contributed by atoms with Gasteiger partial charge in [0.2, 0.25) is 5.89 Å². The molecule has 0 bridgehead atoms. The fraction of sp³-hybridized carbons (Fsp3) is 0.800. The van der Waals surface area contributed by atoms with E-state index in [1.807, 2.05) is 6.92 Å². The normalized spacial score (nSPS) is 13.4. The van der Waals surface area contributed by atoms with E-state index in [4.69, 9.17) is 15.0 Å². The van der Waals surface area contributed by atoms with E-state index in [0.717, 1.165) is 6.42 Å². The van der Waals surface area contributed by atoms with Crippen LogP contribution in [-0.4, -0.2) is 16.7 Å². The molecule has 0 aliphatic carbocycles. The predicted molar refractivity (Wildman–Crippen MR) is 56.0 cm³/mol. The van der Waals surface area contributed by atoms with Gasteiger partial charge in [0.25, 0.3) is 0 Å². The van der Waals surface area contributed by atoms with Crippen LogP contribution in [0.25, 0.3) is 0 Å². The molecule has 0 radical (unpaired) electrons. The van der Waals surface area contributed by atoms with Crippen molar-refractivity contribution in [2.45, 2.75) is 39.8 Å². The predicted octanol–water partition coefficient (Wildman–Crippen LogP) is 1.65. The molecule has 5 heteroatoms. The van der Waals surface area contributed by atoms with Crippen molar-refractivity contribution in [1.82, 2.24) is 10.1 Å². The molecule has 15 heavy (non-hydrogen) atoms. The van der Waals surface area contributed by atoms with E-state index >= 15 is 0 Å². The highest BCUT2D eigenvalue weighted by molar-refractivity contribution is 4.90. The molecule has 1 unspecified atom stereocenters. The van der Waals surface area contributed by atoms with Gasteiger partial charge in [-0.25, -0.2) is 0 Å². The molecular weight excluding hydrogens is 194 g/mol. The first kappa shape index (κ1) is 12.1. The quantitative estimate of drug-likeness (QED) is 0.777. The van der Waals surface area contributed by atoms with Crippen LogP contribution in [0, 0.1) is 5.92 Å². The monoisotopic (exact) mass is 213 g/mol. The van der Waals surface area contributed by atoms with Gasteiger partial charge in [-0.1, -0.05) is 19.0 Å². The number of rotatable bonds is 6. The second kappa shape index (κ2) is 5.82. The molecule has 1 aromatic heterocycles. The van der Waals surface area contributed by atoms with Crippen LogP contribution in [0.3, 0.4) is 0 Å². The number of ether oxygens (including phenoxy) is 1. The minimum absolute atomic E-state index is 0.173. The lowest BCUT2D eigenvalue weighted by molar-refractivity contribution is 0.126. The minimum Gasteiger partial charge on any atom is -0.374 e. The maximum atomic E-state index is 5.90. The summed E-state index contributed by atoms with van der Waals surface area (Å²) < 4.78 is 10.2. The van der Waals surface area contributed by atoms with Gasteiger partial charge in [0.1, 0.15) is 6.61 Å². The lowest BCUT2D eigenvalue weighted by Crippen LogP contribution is -2.13. The zero-order valence-electron chi connectivity index (χ0n) is 9.56. The first-order chi connectivity index (χ1) is 7.13. The number of hydrogen-bond donors (Lipinski definition) is 1. The molecule has 0 aromatic carbocycles. The van der Waals surface area contributed by atoms with Crippen LogP contribution in [0.5, 0.6) is 0 Å². The van der Waals surface area contributed by atoms with E-state index in [1.54, 1.807) is 0 Å². The molecule has 0 spiro atoms. The van der Waals surface area contributed by atoms with Crippen LogP contribution in [0.2, 0.25) is 0 Å². The third-order valence-electron chi connectivity index (χ3n) is 1.96. The van der Waals surface area contributed by atoms with Gasteiger partial charge >= 0.3 is 0 Å². The third kappa shape index (κ3) is 3.97. The Kier molecular flexibility index (Phi) is 4.71. The van der Waals surface area contributed by atoms with E-state index in [9.17, 15) is 0 Å². The molecule has 5 nitrogen and oxygen atoms in total. The molecule has 1 aromatic rings. The maximum Gasteiger partial charge on any atom is 0.243 e. The average molecular weight is 213 g/mol. The Morgan fingerprint density at radius 1 is 1.47 bits per heavy atom. The van der Waals surface area contributed by atoms with Gasteiger partial charge in [-0.3, -0.25) is 0 Å². The van der Waals surface area contributed by atoms with Gasteiger partial charge in [-0.05, 0) is 19.3 Å². The SMILES string of the molecule is CCOCc1noc(C(N)CC(C)C)n1. The summed E-state index contributed by atoms with van der Waals surface area (Å²) in [7, 11) is 0. The number of nitrogens with zero attached hydrogens (tertiary/aromatic N) is 2. The molecule has 0 aliphatic heterocycles. The Hall–Kier alpha value is -0.940. The first-order valence-electron chi connectivity index (χ1n) is 5.29. The van der Waals surface area contributed by atoms with Crippen molar-refractivity contribution < 1.29 is 9.26 Å². The Bertz CT molecular complexity index is 286. The Morgan fingerprint density at radius 2 is 2.20 bits per heavy atom. The molecule has 1 atom stereocenters. The van der Waals surface area contributed by atoms with Gasteiger partial charge in [0.15, 0.2) is 5.82 Å². The van der Waals surface area contributed by atoms with Crippen LogP contribution in [0.1, 0.15) is 44.9 Å². The molecule has 0 saturated heterocycles. The summed E-state index contributed by atoms with van der Waals surface area (Å²) in [5.41, 5.74) is 5.90. The fourth-order valence-electron chi connectivity index (χ4n) is 1.28. The van der Waals surface area contributed by atoms with Crippen molar-refractivity contribution in [1.29, 1.82) is 0 Å². The Labute approximate surface area is 90.0 Å². The van der Waals surface area contributed by atoms with Gasteiger partial charge in [-0.15, -0.1) is 0 Å². The van der Waals surface area contributed by atoms with Crippen LogP contribution in [0.4, 0.5) is 0 Å². The van der Waals surface area contributed by atoms with Crippen molar-refractivity contribution in [3.05, 3.63) is 11.7 Å². The van der Waals surface area contributed by atoms with E-state index < -0.39 is 0 Å². The third-order valence-corrected chi connectivity index (χ3v) is 1.96. The van der Waals surface area contributed by atoms with E-state index in [2.05, 4.69) is 24.0 Å². The van der Waals surface area contributed by atoms with E-state index in [0.29, 0.717) is 30.8 Å². The van der Waals surface area contributed by atoms with Crippen LogP contribution >= 0.6 is 0 Å². The van der Waals surface area contributed by atoms with Gasteiger partial charge in [0.05, 0.1) is 6.04 Å². The zero-order valence-corrected chi connectivity index (χ0v) is 9.56. The molecule has 0 aliphatic rings. The number of aromatic nitrogens is 2. The highest BCUT2D eigenvalue weighted by Gasteiger charge is 2.15. The minimum atomic E-state index is -0.173. The summed E-state index contributed by atoms with van der Waals surface area (Å²) >= 11 is 0. The largest absolute Gasteiger partial charge is 0.374 e. The molecule has 0 fully saturated rings. The van der Waals surface area contributed by atoms with Crippen LogP contribution in [0.15, 0.2) is 4.52 Å². The van der Waals surface area contributed by atoms with Crippen molar-refractivity contribution in [2.75, 3.05) is 6.61 Å². The number of nitrogens with two attached hydrogens (primary N) is 1. The lowest BCUT2D eigenvalue weighted by atomic mass is 10.0. The molecule has 1 heterocycles. The molecule has 0 amide bonds. The lowest BCUT2D eigenvalue weighted by Gasteiger charge is -2.08. The van der Waals surface area contributed by atoms with E-state index in [1.165, 1.54) is 0 Å². The second-order valence-corrected chi connectivity index (χ2v) is 3.92. The van der Waals surface area contributed by atoms with Crippen LogP contribution < -0.4 is 5.73 Å². The smallest absolute Gasteiger partial charge is 0.243 e. The Morgan fingerprint density at radius 3 is 2.80 bits per heavy atom. The van der Waals surface area contributed by atoms with Crippen LogP contribution in [-0.2, 0) is 11.3 Å². The summed E-state index contributed by atoms with van der Waals surface area (Å²) in [5, 5.41) is 3.79. The summed E-state index contributed by atoms with van der Waals surface area (Å²) in [5.74, 6) is 1.58. The molecule has 2 N–H and O–H groups in total. The van der Waals surface area contributed by atoms with Gasteiger partial charge < -0.3 is 15.0 Å². The first-order valence-corrected chi connectivity index (χ1v) is 5.29. The fourth-order valence-corrected chi connectivity index (χ4v) is 1.28. The Balaban J connectivity index is 2.51. The summed E-state index contributed by atoms with van der Waals surface area (Å²) in [6.45, 7) is 7.16. The van der Waals surface area contributed by atoms with Crippen molar-refractivity contribution in [3.63, 3.8) is 0 Å². The summed E-state index contributed by atoms with van der Waals surface area (Å²) in [4.78, 5) is 4.17. The standard InChI is InChI=1S/C10H19N3O2/c1-4-14-6-9-12-10(15-13-9)8(11)5-7(2)3/h7-8H,4-6,11H2,1-3H3. The highest BCUT2D eigenvalue weighted by atomic mass is 16.5. The van der Waals surface area contributed by atoms with Gasteiger partial charge in [0, 0.05) is 6.61 Å². The van der Waals surface area contributed by atoms with E-state index in [-0.39, 0.29) is 6.04 Å². The average Bonchev–Trinajstić information content (AvgIpc) is 2.62. The molecule has 86 valence electrons. The second-order valence-electron chi connectivity index (χ2n) is 3.92.